The Morgan fingerprint density at radius 1 is 1.21 bits per heavy atom. The van der Waals surface area contributed by atoms with Crippen molar-refractivity contribution in [3.63, 3.8) is 0 Å². The van der Waals surface area contributed by atoms with Crippen molar-refractivity contribution < 1.29 is 9.90 Å². The predicted molar refractivity (Wildman–Crippen MR) is 75.0 cm³/mol. The first kappa shape index (κ1) is 14.0. The first-order valence-corrected chi connectivity index (χ1v) is 6.77. The van der Waals surface area contributed by atoms with Crippen molar-refractivity contribution in [3.8, 4) is 0 Å². The van der Waals surface area contributed by atoms with Gasteiger partial charge in [0.25, 0.3) is 0 Å². The highest BCUT2D eigenvalue weighted by molar-refractivity contribution is 5.47. The van der Waals surface area contributed by atoms with Crippen molar-refractivity contribution in [1.82, 2.24) is 9.80 Å². The third-order valence-corrected chi connectivity index (χ3v) is 3.90. The highest BCUT2D eigenvalue weighted by atomic mass is 16.3. The summed E-state index contributed by atoms with van der Waals surface area (Å²) in [6.45, 7) is 7.95. The summed E-state index contributed by atoms with van der Waals surface area (Å²) in [7, 11) is 0. The van der Waals surface area contributed by atoms with E-state index in [1.54, 1.807) is 4.90 Å². The SMILES string of the molecule is Cc1ccc(C(O)CN2CCN(C=O)CC2)cc1C. The molecule has 4 heteroatoms. The van der Waals surface area contributed by atoms with Crippen LogP contribution in [0.15, 0.2) is 18.2 Å². The van der Waals surface area contributed by atoms with E-state index in [0.29, 0.717) is 6.54 Å². The van der Waals surface area contributed by atoms with Crippen molar-refractivity contribution in [2.75, 3.05) is 32.7 Å². The van der Waals surface area contributed by atoms with E-state index < -0.39 is 6.10 Å². The molecule has 1 saturated heterocycles. The number of aliphatic hydroxyl groups is 1. The number of amides is 1. The van der Waals surface area contributed by atoms with Gasteiger partial charge in [0, 0.05) is 32.7 Å². The average Bonchev–Trinajstić information content (AvgIpc) is 2.42. The van der Waals surface area contributed by atoms with Crippen LogP contribution in [0.1, 0.15) is 22.8 Å². The number of aliphatic hydroxyl groups excluding tert-OH is 1. The van der Waals surface area contributed by atoms with Crippen LogP contribution in [0, 0.1) is 13.8 Å². The molecule has 1 aliphatic heterocycles. The number of carbonyl (C=O) groups excluding carboxylic acids is 1. The second-order valence-corrected chi connectivity index (χ2v) is 5.30. The summed E-state index contributed by atoms with van der Waals surface area (Å²) in [4.78, 5) is 14.6. The Labute approximate surface area is 114 Å². The molecule has 1 fully saturated rings. The van der Waals surface area contributed by atoms with Crippen molar-refractivity contribution in [2.45, 2.75) is 20.0 Å². The van der Waals surface area contributed by atoms with Crippen molar-refractivity contribution in [3.05, 3.63) is 34.9 Å². The molecule has 0 spiro atoms. The fourth-order valence-electron chi connectivity index (χ4n) is 2.37. The Morgan fingerprint density at radius 2 is 1.89 bits per heavy atom. The summed E-state index contributed by atoms with van der Waals surface area (Å²) < 4.78 is 0. The standard InChI is InChI=1S/C15H22N2O2/c1-12-3-4-14(9-13(12)2)15(19)10-16-5-7-17(11-18)8-6-16/h3-4,9,11,15,19H,5-8,10H2,1-2H3. The summed E-state index contributed by atoms with van der Waals surface area (Å²) in [5.74, 6) is 0. The molecule has 1 aromatic rings. The summed E-state index contributed by atoms with van der Waals surface area (Å²) >= 11 is 0. The zero-order valence-electron chi connectivity index (χ0n) is 11.7. The molecular weight excluding hydrogens is 240 g/mol. The summed E-state index contributed by atoms with van der Waals surface area (Å²) in [6, 6.07) is 6.11. The van der Waals surface area contributed by atoms with E-state index in [0.717, 1.165) is 38.2 Å². The number of carbonyl (C=O) groups is 1. The Bertz CT molecular complexity index is 440. The molecule has 0 aromatic heterocycles. The molecular formula is C15H22N2O2. The second kappa shape index (κ2) is 6.17. The lowest BCUT2D eigenvalue weighted by molar-refractivity contribution is -0.119. The third-order valence-electron chi connectivity index (χ3n) is 3.90. The molecule has 0 saturated carbocycles. The molecule has 1 aromatic carbocycles. The van der Waals surface area contributed by atoms with Crippen LogP contribution in [0.3, 0.4) is 0 Å². The van der Waals surface area contributed by atoms with Gasteiger partial charge in [0.05, 0.1) is 6.10 Å². The number of nitrogens with zero attached hydrogens (tertiary/aromatic N) is 2. The highest BCUT2D eigenvalue weighted by Gasteiger charge is 2.19. The summed E-state index contributed by atoms with van der Waals surface area (Å²) in [6.07, 6.45) is 0.443. The van der Waals surface area contributed by atoms with Crippen LogP contribution in [-0.2, 0) is 4.79 Å². The molecule has 1 heterocycles. The Morgan fingerprint density at radius 3 is 2.47 bits per heavy atom. The lowest BCUT2D eigenvalue weighted by atomic mass is 10.0. The maximum atomic E-state index is 10.6. The van der Waals surface area contributed by atoms with Crippen LogP contribution < -0.4 is 0 Å². The minimum Gasteiger partial charge on any atom is -0.387 e. The van der Waals surface area contributed by atoms with Gasteiger partial charge < -0.3 is 10.0 Å². The highest BCUT2D eigenvalue weighted by Crippen LogP contribution is 2.18. The molecule has 1 aliphatic rings. The number of hydrogen-bond acceptors (Lipinski definition) is 3. The van der Waals surface area contributed by atoms with Gasteiger partial charge in [0.2, 0.25) is 6.41 Å². The lowest BCUT2D eigenvalue weighted by Crippen LogP contribution is -2.46. The van der Waals surface area contributed by atoms with E-state index in [-0.39, 0.29) is 0 Å². The Kier molecular flexibility index (Phi) is 4.56. The molecule has 0 radical (unpaired) electrons. The van der Waals surface area contributed by atoms with Crippen LogP contribution in [0.25, 0.3) is 0 Å². The minimum absolute atomic E-state index is 0.456. The quantitative estimate of drug-likeness (QED) is 0.827. The molecule has 1 N–H and O–H groups in total. The molecule has 4 nitrogen and oxygen atoms in total. The van der Waals surface area contributed by atoms with Gasteiger partial charge in [-0.1, -0.05) is 18.2 Å². The maximum Gasteiger partial charge on any atom is 0.209 e. The van der Waals surface area contributed by atoms with Gasteiger partial charge in [-0.2, -0.15) is 0 Å². The van der Waals surface area contributed by atoms with Gasteiger partial charge in [0.15, 0.2) is 0 Å². The minimum atomic E-state index is -0.456. The topological polar surface area (TPSA) is 43.8 Å². The molecule has 104 valence electrons. The third kappa shape index (κ3) is 3.55. The number of aryl methyl sites for hydroxylation is 2. The monoisotopic (exact) mass is 262 g/mol. The van der Waals surface area contributed by atoms with Gasteiger partial charge in [-0.25, -0.2) is 0 Å². The zero-order chi connectivity index (χ0) is 13.8. The van der Waals surface area contributed by atoms with E-state index in [9.17, 15) is 9.90 Å². The molecule has 2 rings (SSSR count). The van der Waals surface area contributed by atoms with Crippen molar-refractivity contribution in [2.24, 2.45) is 0 Å². The van der Waals surface area contributed by atoms with E-state index in [1.165, 1.54) is 11.1 Å². The first-order chi connectivity index (χ1) is 9.10. The maximum absolute atomic E-state index is 10.6. The number of benzene rings is 1. The number of β-amino-alcohol motifs (C(OH)–C–C–N with tert-alkyl or cyclic N) is 1. The Hall–Kier alpha value is -1.39. The number of rotatable bonds is 4. The van der Waals surface area contributed by atoms with Crippen molar-refractivity contribution >= 4 is 6.41 Å². The zero-order valence-corrected chi connectivity index (χ0v) is 11.7. The van der Waals surface area contributed by atoms with E-state index >= 15 is 0 Å². The second-order valence-electron chi connectivity index (χ2n) is 5.30. The average molecular weight is 262 g/mol. The van der Waals surface area contributed by atoms with Crippen LogP contribution in [0.5, 0.6) is 0 Å². The van der Waals surface area contributed by atoms with E-state index in [2.05, 4.69) is 30.9 Å². The summed E-state index contributed by atoms with van der Waals surface area (Å²) in [5.41, 5.74) is 3.43. The fourth-order valence-corrected chi connectivity index (χ4v) is 2.37. The number of piperazine rings is 1. The molecule has 1 atom stereocenters. The molecule has 1 unspecified atom stereocenters. The van der Waals surface area contributed by atoms with Crippen LogP contribution in [-0.4, -0.2) is 54.0 Å². The predicted octanol–water partition coefficient (Wildman–Crippen LogP) is 1.11. The van der Waals surface area contributed by atoms with Crippen LogP contribution in [0.4, 0.5) is 0 Å². The fraction of sp³-hybridized carbons (Fsp3) is 0.533. The lowest BCUT2D eigenvalue weighted by Gasteiger charge is -2.33. The van der Waals surface area contributed by atoms with Gasteiger partial charge in [-0.05, 0) is 30.5 Å². The van der Waals surface area contributed by atoms with Gasteiger partial charge in [-0.3, -0.25) is 9.69 Å². The van der Waals surface area contributed by atoms with E-state index in [1.807, 2.05) is 6.07 Å². The molecule has 0 aliphatic carbocycles. The van der Waals surface area contributed by atoms with E-state index in [4.69, 9.17) is 0 Å². The van der Waals surface area contributed by atoms with Crippen LogP contribution in [0.2, 0.25) is 0 Å². The molecule has 19 heavy (non-hydrogen) atoms. The first-order valence-electron chi connectivity index (χ1n) is 6.77. The van der Waals surface area contributed by atoms with Gasteiger partial charge in [-0.15, -0.1) is 0 Å². The smallest absolute Gasteiger partial charge is 0.209 e. The largest absolute Gasteiger partial charge is 0.387 e. The van der Waals surface area contributed by atoms with Gasteiger partial charge in [0.1, 0.15) is 0 Å². The molecule has 1 amide bonds. The number of hydrogen-bond donors (Lipinski definition) is 1. The van der Waals surface area contributed by atoms with Crippen molar-refractivity contribution in [1.29, 1.82) is 0 Å². The summed E-state index contributed by atoms with van der Waals surface area (Å²) in [5, 5.41) is 10.3. The molecule has 0 bridgehead atoms. The van der Waals surface area contributed by atoms with Gasteiger partial charge >= 0.3 is 0 Å². The Balaban J connectivity index is 1.92. The van der Waals surface area contributed by atoms with Crippen LogP contribution >= 0.6 is 0 Å². The normalized spacial score (nSPS) is 18.4.